The van der Waals surface area contributed by atoms with Crippen LogP contribution in [0.2, 0.25) is 0 Å². The highest BCUT2D eigenvalue weighted by atomic mass is 32.2. The zero-order valence-corrected chi connectivity index (χ0v) is 23.0. The number of aliphatic carboxylic acids is 1. The SMILES string of the molecule is COc1ccc2nccc([C@@H](F)CC[C@@H]3CCN(CCCSc4ccccc4OC)C[C@@H]3CC(=O)O)c2c1. The summed E-state index contributed by atoms with van der Waals surface area (Å²) in [5.74, 6) is 1.99. The number of nitrogens with zero attached hydrogens (tertiary/aromatic N) is 2. The summed E-state index contributed by atoms with van der Waals surface area (Å²) in [5.41, 5.74) is 1.36. The normalized spacial score (nSPS) is 18.8. The van der Waals surface area contributed by atoms with Crippen LogP contribution in [0.4, 0.5) is 4.39 Å². The fourth-order valence-corrected chi connectivity index (χ4v) is 6.43. The molecule has 0 unspecified atom stereocenters. The molecule has 1 aliphatic rings. The predicted octanol–water partition coefficient (Wildman–Crippen LogP) is 6.64. The Balaban J connectivity index is 1.31. The molecule has 0 saturated carbocycles. The molecule has 1 N–H and O–H groups in total. The summed E-state index contributed by atoms with van der Waals surface area (Å²) in [6, 6.07) is 15.3. The third kappa shape index (κ3) is 7.38. The van der Waals surface area contributed by atoms with Gasteiger partial charge in [0.25, 0.3) is 0 Å². The van der Waals surface area contributed by atoms with Crippen LogP contribution < -0.4 is 9.47 Å². The van der Waals surface area contributed by atoms with E-state index in [2.05, 4.69) is 16.0 Å². The van der Waals surface area contributed by atoms with Gasteiger partial charge in [0, 0.05) is 29.4 Å². The molecule has 0 spiro atoms. The first-order valence-corrected chi connectivity index (χ1v) is 14.2. The Kier molecular flexibility index (Phi) is 10.2. The van der Waals surface area contributed by atoms with E-state index in [9.17, 15) is 9.90 Å². The van der Waals surface area contributed by atoms with Crippen molar-refractivity contribution in [3.8, 4) is 11.5 Å². The van der Waals surface area contributed by atoms with Crippen LogP contribution in [0.3, 0.4) is 0 Å². The van der Waals surface area contributed by atoms with Gasteiger partial charge in [-0.15, -0.1) is 11.8 Å². The average Bonchev–Trinajstić information content (AvgIpc) is 2.94. The summed E-state index contributed by atoms with van der Waals surface area (Å²) in [6.07, 6.45) is 3.59. The first-order valence-electron chi connectivity index (χ1n) is 13.2. The lowest BCUT2D eigenvalue weighted by molar-refractivity contribution is -0.139. The largest absolute Gasteiger partial charge is 0.497 e. The molecule has 0 aliphatic carbocycles. The van der Waals surface area contributed by atoms with Crippen LogP contribution in [-0.2, 0) is 4.79 Å². The second kappa shape index (κ2) is 13.8. The van der Waals surface area contributed by atoms with E-state index < -0.39 is 12.1 Å². The van der Waals surface area contributed by atoms with Crippen molar-refractivity contribution in [1.82, 2.24) is 9.88 Å². The van der Waals surface area contributed by atoms with E-state index in [4.69, 9.17) is 9.47 Å². The molecule has 0 amide bonds. The van der Waals surface area contributed by atoms with Crippen LogP contribution in [0, 0.1) is 11.8 Å². The molecule has 6 nitrogen and oxygen atoms in total. The van der Waals surface area contributed by atoms with Crippen molar-refractivity contribution < 1.29 is 23.8 Å². The van der Waals surface area contributed by atoms with Crippen LogP contribution in [0.1, 0.15) is 43.8 Å². The number of pyridine rings is 1. The Morgan fingerprint density at radius 1 is 1.18 bits per heavy atom. The number of carbonyl (C=O) groups is 1. The van der Waals surface area contributed by atoms with Gasteiger partial charge >= 0.3 is 5.97 Å². The Bertz CT molecular complexity index is 1210. The van der Waals surface area contributed by atoms with Crippen molar-refractivity contribution >= 4 is 28.6 Å². The van der Waals surface area contributed by atoms with E-state index in [1.54, 1.807) is 38.2 Å². The topological polar surface area (TPSA) is 71.9 Å². The molecule has 8 heteroatoms. The molecule has 3 aromatic rings. The lowest BCUT2D eigenvalue weighted by Crippen LogP contribution is -2.42. The summed E-state index contributed by atoms with van der Waals surface area (Å²) in [4.78, 5) is 19.5. The number of para-hydroxylation sites is 1. The first-order chi connectivity index (χ1) is 18.5. The maximum atomic E-state index is 15.5. The molecule has 1 fully saturated rings. The zero-order valence-electron chi connectivity index (χ0n) is 22.1. The minimum atomic E-state index is -1.14. The Morgan fingerprint density at radius 3 is 2.82 bits per heavy atom. The van der Waals surface area contributed by atoms with Gasteiger partial charge in [0.2, 0.25) is 0 Å². The number of likely N-dealkylation sites (tertiary alicyclic amines) is 1. The Hall–Kier alpha value is -2.84. The molecule has 0 bridgehead atoms. The fourth-order valence-electron chi connectivity index (χ4n) is 5.47. The number of carboxylic acids is 1. The van der Waals surface area contributed by atoms with E-state index in [1.165, 1.54) is 0 Å². The number of hydrogen-bond donors (Lipinski definition) is 1. The smallest absolute Gasteiger partial charge is 0.303 e. The third-order valence-electron chi connectivity index (χ3n) is 7.47. The van der Waals surface area contributed by atoms with Crippen LogP contribution >= 0.6 is 11.8 Å². The van der Waals surface area contributed by atoms with Crippen LogP contribution in [0.25, 0.3) is 10.9 Å². The molecular formula is C30H37FN2O4S. The number of alkyl halides is 1. The lowest BCUT2D eigenvalue weighted by atomic mass is 9.79. The number of fused-ring (bicyclic) bond motifs is 1. The monoisotopic (exact) mass is 540 g/mol. The summed E-state index contributed by atoms with van der Waals surface area (Å²) < 4.78 is 26.3. The van der Waals surface area contributed by atoms with Gasteiger partial charge in [0.05, 0.1) is 19.7 Å². The molecule has 38 heavy (non-hydrogen) atoms. The van der Waals surface area contributed by atoms with Gasteiger partial charge in [-0.1, -0.05) is 12.1 Å². The highest BCUT2D eigenvalue weighted by Gasteiger charge is 2.31. The van der Waals surface area contributed by atoms with Gasteiger partial charge in [0.15, 0.2) is 0 Å². The van der Waals surface area contributed by atoms with Crippen molar-refractivity contribution in [2.75, 3.05) is 39.6 Å². The van der Waals surface area contributed by atoms with Crippen molar-refractivity contribution in [1.29, 1.82) is 0 Å². The number of ether oxygens (including phenoxy) is 2. The molecule has 1 aromatic heterocycles. The van der Waals surface area contributed by atoms with Crippen molar-refractivity contribution in [2.45, 2.75) is 43.2 Å². The molecular weight excluding hydrogens is 503 g/mol. The van der Waals surface area contributed by atoms with Gasteiger partial charge < -0.3 is 19.5 Å². The van der Waals surface area contributed by atoms with Gasteiger partial charge in [-0.05, 0) is 98.3 Å². The van der Waals surface area contributed by atoms with Crippen LogP contribution in [0.15, 0.2) is 59.6 Å². The number of thioether (sulfide) groups is 1. The molecule has 1 saturated heterocycles. The number of piperidine rings is 1. The second-order valence-corrected chi connectivity index (χ2v) is 11.0. The minimum Gasteiger partial charge on any atom is -0.497 e. The van der Waals surface area contributed by atoms with E-state index >= 15 is 4.39 Å². The van der Waals surface area contributed by atoms with Gasteiger partial charge in [0.1, 0.15) is 17.7 Å². The van der Waals surface area contributed by atoms with Crippen LogP contribution in [0.5, 0.6) is 11.5 Å². The number of rotatable bonds is 13. The lowest BCUT2D eigenvalue weighted by Gasteiger charge is -2.38. The maximum absolute atomic E-state index is 15.5. The van der Waals surface area contributed by atoms with Crippen molar-refractivity contribution in [3.63, 3.8) is 0 Å². The molecule has 2 heterocycles. The standard InChI is InChI=1S/C30H37FN2O4S/c1-36-23-9-11-27-25(19-23)24(12-14-32-27)26(31)10-8-21-13-16-33(20-22(21)18-30(34)35)15-5-17-38-29-7-4-3-6-28(29)37-2/h3-4,6-7,9,11-12,14,19,21-22,26H,5,8,10,13,15-18,20H2,1-2H3,(H,34,35)/t21-,22+,26+/m1/s1. The Labute approximate surface area is 228 Å². The fraction of sp³-hybridized carbons (Fsp3) is 0.467. The van der Waals surface area contributed by atoms with Gasteiger partial charge in [-0.2, -0.15) is 0 Å². The Morgan fingerprint density at radius 2 is 2.03 bits per heavy atom. The zero-order chi connectivity index (χ0) is 26.9. The summed E-state index contributed by atoms with van der Waals surface area (Å²) in [6.45, 7) is 2.61. The second-order valence-electron chi connectivity index (χ2n) is 9.89. The highest BCUT2D eigenvalue weighted by Crippen LogP contribution is 2.36. The minimum absolute atomic E-state index is 0.0320. The number of methoxy groups -OCH3 is 2. The average molecular weight is 541 g/mol. The van der Waals surface area contributed by atoms with E-state index in [0.717, 1.165) is 59.8 Å². The van der Waals surface area contributed by atoms with Gasteiger partial charge in [-0.25, -0.2) is 4.39 Å². The highest BCUT2D eigenvalue weighted by molar-refractivity contribution is 7.99. The van der Waals surface area contributed by atoms with E-state index in [0.29, 0.717) is 24.2 Å². The predicted molar refractivity (Wildman–Crippen MR) is 150 cm³/mol. The summed E-state index contributed by atoms with van der Waals surface area (Å²) in [5, 5.41) is 10.3. The number of aromatic nitrogens is 1. The number of hydrogen-bond acceptors (Lipinski definition) is 6. The molecule has 2 aromatic carbocycles. The molecule has 4 rings (SSSR count). The quantitative estimate of drug-likeness (QED) is 0.193. The summed E-state index contributed by atoms with van der Waals surface area (Å²) in [7, 11) is 3.28. The van der Waals surface area contributed by atoms with Crippen molar-refractivity contribution in [3.05, 3.63) is 60.3 Å². The van der Waals surface area contributed by atoms with Crippen LogP contribution in [-0.4, -0.2) is 60.6 Å². The molecule has 1 aliphatic heterocycles. The summed E-state index contributed by atoms with van der Waals surface area (Å²) >= 11 is 1.78. The van der Waals surface area contributed by atoms with E-state index in [-0.39, 0.29) is 18.3 Å². The third-order valence-corrected chi connectivity index (χ3v) is 8.61. The maximum Gasteiger partial charge on any atom is 0.303 e. The first kappa shape index (κ1) is 28.2. The van der Waals surface area contributed by atoms with Gasteiger partial charge in [-0.3, -0.25) is 9.78 Å². The number of carboxylic acid groups (broad SMARTS) is 1. The number of benzene rings is 2. The number of halogens is 1. The van der Waals surface area contributed by atoms with E-state index in [1.807, 2.05) is 36.4 Å². The molecule has 3 atom stereocenters. The van der Waals surface area contributed by atoms with Crippen molar-refractivity contribution in [2.24, 2.45) is 11.8 Å². The molecule has 0 radical (unpaired) electrons. The molecule has 204 valence electrons.